The highest BCUT2D eigenvalue weighted by Gasteiger charge is 2.17. The molecule has 0 saturated carbocycles. The summed E-state index contributed by atoms with van der Waals surface area (Å²) < 4.78 is 5.11. The molecule has 0 aliphatic carbocycles. The zero-order valence-electron chi connectivity index (χ0n) is 8.81. The lowest BCUT2D eigenvalue weighted by Gasteiger charge is -2.27. The number of nitrogens with one attached hydrogen (secondary N) is 2. The van der Waals surface area contributed by atoms with Crippen LogP contribution >= 0.6 is 0 Å². The van der Waals surface area contributed by atoms with Crippen LogP contribution < -0.4 is 5.32 Å². The minimum atomic E-state index is 0.470. The Balaban J connectivity index is 1.74. The molecule has 2 N–H and O–H groups in total. The third kappa shape index (κ3) is 1.79. The third-order valence-corrected chi connectivity index (χ3v) is 2.71. The van der Waals surface area contributed by atoms with Crippen molar-refractivity contribution < 1.29 is 4.74 Å². The van der Waals surface area contributed by atoms with Gasteiger partial charge in [-0.2, -0.15) is 5.10 Å². The predicted octanol–water partition coefficient (Wildman–Crippen LogP) is 1.89. The van der Waals surface area contributed by atoms with Gasteiger partial charge in [-0.15, -0.1) is 0 Å². The Morgan fingerprint density at radius 3 is 2.56 bits per heavy atom. The van der Waals surface area contributed by atoms with Crippen molar-refractivity contribution in [2.24, 2.45) is 0 Å². The van der Waals surface area contributed by atoms with Crippen LogP contribution in [-0.4, -0.2) is 29.5 Å². The van der Waals surface area contributed by atoms with Crippen molar-refractivity contribution in [3.05, 3.63) is 36.5 Å². The quantitative estimate of drug-likeness (QED) is 0.822. The van der Waals surface area contributed by atoms with Gasteiger partial charge in [0, 0.05) is 11.9 Å². The largest absolute Gasteiger partial charge is 0.378 e. The van der Waals surface area contributed by atoms with Crippen molar-refractivity contribution in [3.8, 4) is 11.3 Å². The van der Waals surface area contributed by atoms with Crippen LogP contribution in [0.1, 0.15) is 0 Å². The van der Waals surface area contributed by atoms with E-state index in [1.54, 1.807) is 6.20 Å². The van der Waals surface area contributed by atoms with Gasteiger partial charge in [-0.3, -0.25) is 5.10 Å². The lowest BCUT2D eigenvalue weighted by Crippen LogP contribution is -2.40. The van der Waals surface area contributed by atoms with Crippen LogP contribution in [0.3, 0.4) is 0 Å². The molecule has 1 fully saturated rings. The molecule has 1 aliphatic heterocycles. The zero-order chi connectivity index (χ0) is 10.8. The molecule has 0 bridgehead atoms. The maximum absolute atomic E-state index is 5.11. The van der Waals surface area contributed by atoms with Crippen LogP contribution in [0.5, 0.6) is 0 Å². The van der Waals surface area contributed by atoms with Crippen molar-refractivity contribution in [1.29, 1.82) is 0 Å². The van der Waals surface area contributed by atoms with Crippen LogP contribution in [0.15, 0.2) is 36.5 Å². The van der Waals surface area contributed by atoms with Gasteiger partial charge >= 0.3 is 0 Å². The third-order valence-electron chi connectivity index (χ3n) is 2.71. The SMILES string of the molecule is c1cc(-c2ccc(NC3COC3)cc2)[nH]n1. The highest BCUT2D eigenvalue weighted by atomic mass is 16.5. The Kier molecular flexibility index (Phi) is 2.34. The van der Waals surface area contributed by atoms with Crippen molar-refractivity contribution in [2.75, 3.05) is 18.5 Å². The van der Waals surface area contributed by atoms with E-state index < -0.39 is 0 Å². The Morgan fingerprint density at radius 1 is 1.19 bits per heavy atom. The maximum atomic E-state index is 5.11. The summed E-state index contributed by atoms with van der Waals surface area (Å²) in [5, 5.41) is 10.3. The van der Waals surface area contributed by atoms with Crippen LogP contribution in [0.2, 0.25) is 0 Å². The van der Waals surface area contributed by atoms with E-state index in [0.29, 0.717) is 6.04 Å². The first kappa shape index (κ1) is 9.42. The Morgan fingerprint density at radius 2 is 2.00 bits per heavy atom. The van der Waals surface area contributed by atoms with Crippen molar-refractivity contribution in [1.82, 2.24) is 10.2 Å². The van der Waals surface area contributed by atoms with Gasteiger partial charge in [0.25, 0.3) is 0 Å². The molecular formula is C12H13N3O. The Hall–Kier alpha value is -1.81. The van der Waals surface area contributed by atoms with Gasteiger partial charge < -0.3 is 10.1 Å². The smallest absolute Gasteiger partial charge is 0.0728 e. The second kappa shape index (κ2) is 3.98. The number of nitrogens with zero attached hydrogens (tertiary/aromatic N) is 1. The summed E-state index contributed by atoms with van der Waals surface area (Å²) in [7, 11) is 0. The van der Waals surface area contributed by atoms with Gasteiger partial charge in [-0.05, 0) is 23.8 Å². The summed E-state index contributed by atoms with van der Waals surface area (Å²) in [6.07, 6.45) is 1.76. The molecule has 1 aliphatic rings. The Bertz CT molecular complexity index is 446. The van der Waals surface area contributed by atoms with Gasteiger partial charge in [0.05, 0.1) is 24.9 Å². The summed E-state index contributed by atoms with van der Waals surface area (Å²) in [6.45, 7) is 1.62. The number of rotatable bonds is 3. The molecule has 82 valence electrons. The summed E-state index contributed by atoms with van der Waals surface area (Å²) in [5.74, 6) is 0. The molecule has 0 unspecified atom stereocenters. The first-order chi connectivity index (χ1) is 7.92. The normalized spacial score (nSPS) is 15.8. The van der Waals surface area contributed by atoms with Crippen LogP contribution in [0.4, 0.5) is 5.69 Å². The summed E-state index contributed by atoms with van der Waals surface area (Å²) in [5.41, 5.74) is 3.32. The van der Waals surface area contributed by atoms with Gasteiger partial charge in [0.1, 0.15) is 0 Å². The molecule has 4 heteroatoms. The van der Waals surface area contributed by atoms with E-state index in [4.69, 9.17) is 4.74 Å². The number of anilines is 1. The van der Waals surface area contributed by atoms with E-state index in [9.17, 15) is 0 Å². The monoisotopic (exact) mass is 215 g/mol. The predicted molar refractivity (Wildman–Crippen MR) is 62.3 cm³/mol. The Labute approximate surface area is 93.6 Å². The van der Waals surface area contributed by atoms with Crippen LogP contribution in [-0.2, 0) is 4.74 Å². The fraction of sp³-hybridized carbons (Fsp3) is 0.250. The van der Waals surface area contributed by atoms with Gasteiger partial charge in [-0.25, -0.2) is 0 Å². The number of H-pyrrole nitrogens is 1. The van der Waals surface area contributed by atoms with E-state index in [0.717, 1.165) is 30.2 Å². The molecule has 1 saturated heterocycles. The second-order valence-corrected chi connectivity index (χ2v) is 3.93. The van der Waals surface area contributed by atoms with Gasteiger partial charge in [0.15, 0.2) is 0 Å². The summed E-state index contributed by atoms with van der Waals surface area (Å²) in [4.78, 5) is 0. The van der Waals surface area contributed by atoms with Crippen LogP contribution in [0.25, 0.3) is 11.3 Å². The van der Waals surface area contributed by atoms with E-state index >= 15 is 0 Å². The molecule has 4 nitrogen and oxygen atoms in total. The number of hydrogen-bond donors (Lipinski definition) is 2. The lowest BCUT2D eigenvalue weighted by atomic mass is 10.1. The number of hydrogen-bond acceptors (Lipinski definition) is 3. The van der Waals surface area contributed by atoms with E-state index in [1.165, 1.54) is 0 Å². The highest BCUT2D eigenvalue weighted by Crippen LogP contribution is 2.20. The molecule has 2 heterocycles. The first-order valence-electron chi connectivity index (χ1n) is 5.36. The molecule has 0 spiro atoms. The number of aromatic nitrogens is 2. The fourth-order valence-corrected chi connectivity index (χ4v) is 1.72. The lowest BCUT2D eigenvalue weighted by molar-refractivity contribution is 0.0211. The average Bonchev–Trinajstić information content (AvgIpc) is 2.78. The molecule has 16 heavy (non-hydrogen) atoms. The van der Waals surface area contributed by atoms with Crippen molar-refractivity contribution in [3.63, 3.8) is 0 Å². The molecule has 0 radical (unpaired) electrons. The maximum Gasteiger partial charge on any atom is 0.0728 e. The standard InChI is InChI=1S/C12H13N3O/c1-3-10(14-11-7-16-8-11)4-2-9(1)12-5-6-13-15-12/h1-6,11,14H,7-8H2,(H,13,15). The topological polar surface area (TPSA) is 49.9 Å². The summed E-state index contributed by atoms with van der Waals surface area (Å²) >= 11 is 0. The zero-order valence-corrected chi connectivity index (χ0v) is 8.81. The van der Waals surface area contributed by atoms with Crippen molar-refractivity contribution >= 4 is 5.69 Å². The molecule has 0 amide bonds. The van der Waals surface area contributed by atoms with E-state index in [1.807, 2.05) is 6.07 Å². The van der Waals surface area contributed by atoms with Gasteiger partial charge in [-0.1, -0.05) is 12.1 Å². The number of aromatic amines is 1. The molecule has 0 atom stereocenters. The van der Waals surface area contributed by atoms with Gasteiger partial charge in [0.2, 0.25) is 0 Å². The molecular weight excluding hydrogens is 202 g/mol. The molecule has 1 aromatic heterocycles. The average molecular weight is 215 g/mol. The minimum Gasteiger partial charge on any atom is -0.378 e. The number of ether oxygens (including phenoxy) is 1. The summed E-state index contributed by atoms with van der Waals surface area (Å²) in [6, 6.07) is 10.7. The molecule has 3 rings (SSSR count). The second-order valence-electron chi connectivity index (χ2n) is 3.93. The van der Waals surface area contributed by atoms with E-state index in [2.05, 4.69) is 39.8 Å². The molecule has 1 aromatic carbocycles. The minimum absolute atomic E-state index is 0.470. The first-order valence-corrected chi connectivity index (χ1v) is 5.36. The molecule has 2 aromatic rings. The number of benzene rings is 1. The van der Waals surface area contributed by atoms with Crippen molar-refractivity contribution in [2.45, 2.75) is 6.04 Å². The van der Waals surface area contributed by atoms with E-state index in [-0.39, 0.29) is 0 Å². The van der Waals surface area contributed by atoms with Crippen LogP contribution in [0, 0.1) is 0 Å². The fourth-order valence-electron chi connectivity index (χ4n) is 1.72. The highest BCUT2D eigenvalue weighted by molar-refractivity contribution is 5.62.